The fraction of sp³-hybridized carbons (Fsp3) is 0.414. The van der Waals surface area contributed by atoms with E-state index in [0.29, 0.717) is 32.1 Å². The highest BCUT2D eigenvalue weighted by Gasteiger charge is 2.26. The van der Waals surface area contributed by atoms with E-state index in [0.717, 1.165) is 11.1 Å². The van der Waals surface area contributed by atoms with Crippen molar-refractivity contribution in [3.8, 4) is 0 Å². The molecule has 1 aliphatic rings. The van der Waals surface area contributed by atoms with Crippen LogP contribution in [0.4, 0.5) is 4.39 Å². The number of hydrogen-bond acceptors (Lipinski definition) is 5. The third-order valence-corrected chi connectivity index (χ3v) is 6.33. The van der Waals surface area contributed by atoms with Gasteiger partial charge in [-0.1, -0.05) is 54.6 Å². The third kappa shape index (κ3) is 9.80. The average Bonchev–Trinajstić information content (AvgIpc) is 2.90. The van der Waals surface area contributed by atoms with Crippen LogP contribution in [0.2, 0.25) is 0 Å². The number of esters is 1. The molecule has 3 atom stereocenters. The molecule has 0 saturated heterocycles. The number of nitrogens with one attached hydrogen (secondary N) is 2. The van der Waals surface area contributed by atoms with E-state index >= 15 is 0 Å². The predicted octanol–water partition coefficient (Wildman–Crippen LogP) is 3.11. The molecule has 7 nitrogen and oxygen atoms in total. The largest absolute Gasteiger partial charge is 0.463 e. The van der Waals surface area contributed by atoms with E-state index in [2.05, 4.69) is 10.6 Å². The van der Waals surface area contributed by atoms with Crippen molar-refractivity contribution in [3.63, 3.8) is 0 Å². The molecule has 0 fully saturated rings. The standard InChI is InChI=1S/C29H35FN2O5/c30-25-13-11-22(12-14-25)17-24-10-6-2-5-9-23(19-27(34)31-15-16-33)28(35)32-26(20-37-29(24)36)18-21-7-3-1-4-8-21/h1-5,7-8,11-14,23-24,26,33H,6,9-10,15-20H2,(H,31,34)(H,32,35). The van der Waals surface area contributed by atoms with Crippen molar-refractivity contribution in [1.29, 1.82) is 0 Å². The third-order valence-electron chi connectivity index (χ3n) is 6.33. The van der Waals surface area contributed by atoms with Crippen LogP contribution in [0.5, 0.6) is 0 Å². The van der Waals surface area contributed by atoms with Crippen molar-refractivity contribution < 1.29 is 28.6 Å². The van der Waals surface area contributed by atoms with Crippen LogP contribution in [-0.2, 0) is 32.0 Å². The van der Waals surface area contributed by atoms with Gasteiger partial charge in [-0.05, 0) is 55.4 Å². The maximum Gasteiger partial charge on any atom is 0.309 e. The molecule has 0 aromatic heterocycles. The lowest BCUT2D eigenvalue weighted by Crippen LogP contribution is -2.44. The number of hydrogen-bond donors (Lipinski definition) is 3. The first-order valence-corrected chi connectivity index (χ1v) is 12.7. The molecule has 0 bridgehead atoms. The van der Waals surface area contributed by atoms with Crippen molar-refractivity contribution in [1.82, 2.24) is 10.6 Å². The molecular weight excluding hydrogens is 475 g/mol. The molecule has 0 saturated carbocycles. The number of aliphatic hydroxyl groups excluding tert-OH is 1. The van der Waals surface area contributed by atoms with Gasteiger partial charge in [0.1, 0.15) is 12.4 Å². The summed E-state index contributed by atoms with van der Waals surface area (Å²) in [6, 6.07) is 15.2. The zero-order chi connectivity index (χ0) is 26.5. The molecule has 2 aromatic rings. The van der Waals surface area contributed by atoms with Gasteiger partial charge in [-0.3, -0.25) is 14.4 Å². The zero-order valence-corrected chi connectivity index (χ0v) is 20.9. The first-order valence-electron chi connectivity index (χ1n) is 12.7. The molecule has 2 aromatic carbocycles. The van der Waals surface area contributed by atoms with E-state index in [4.69, 9.17) is 9.84 Å². The summed E-state index contributed by atoms with van der Waals surface area (Å²) in [5.74, 6) is -2.30. The lowest BCUT2D eigenvalue weighted by molar-refractivity contribution is -0.150. The minimum atomic E-state index is -0.598. The molecule has 2 amide bonds. The zero-order valence-electron chi connectivity index (χ0n) is 20.9. The second-order valence-corrected chi connectivity index (χ2v) is 9.31. The summed E-state index contributed by atoms with van der Waals surface area (Å²) in [6.45, 7) is -0.0482. The van der Waals surface area contributed by atoms with E-state index in [9.17, 15) is 18.8 Å². The highest BCUT2D eigenvalue weighted by atomic mass is 19.1. The Balaban J connectivity index is 1.77. The summed E-state index contributed by atoms with van der Waals surface area (Å²) in [4.78, 5) is 38.5. The topological polar surface area (TPSA) is 105 Å². The molecule has 0 radical (unpaired) electrons. The van der Waals surface area contributed by atoms with Gasteiger partial charge in [0.25, 0.3) is 0 Å². The SMILES string of the molecule is O=C(CC1CC=CCCC(Cc2ccc(F)cc2)C(=O)OCC(Cc2ccccc2)NC1=O)NCCO. The maximum absolute atomic E-state index is 13.3. The number of rotatable bonds is 8. The first-order chi connectivity index (χ1) is 17.9. The van der Waals surface area contributed by atoms with Gasteiger partial charge in [0.15, 0.2) is 0 Å². The molecule has 1 aliphatic heterocycles. The summed E-state index contributed by atoms with van der Waals surface area (Å²) >= 11 is 0. The van der Waals surface area contributed by atoms with Crippen LogP contribution in [0.3, 0.4) is 0 Å². The molecule has 3 N–H and O–H groups in total. The summed E-state index contributed by atoms with van der Waals surface area (Å²) in [7, 11) is 0. The van der Waals surface area contributed by atoms with Crippen molar-refractivity contribution >= 4 is 17.8 Å². The van der Waals surface area contributed by atoms with Gasteiger partial charge in [-0.25, -0.2) is 4.39 Å². The van der Waals surface area contributed by atoms with Gasteiger partial charge in [0, 0.05) is 13.0 Å². The summed E-state index contributed by atoms with van der Waals surface area (Å²) < 4.78 is 19.0. The molecule has 0 aliphatic carbocycles. The van der Waals surface area contributed by atoms with Crippen molar-refractivity contribution in [3.05, 3.63) is 83.7 Å². The Morgan fingerprint density at radius 3 is 2.46 bits per heavy atom. The molecule has 8 heteroatoms. The first kappa shape index (κ1) is 28.1. The Kier molecular flexibility index (Phi) is 11.3. The number of benzene rings is 2. The predicted molar refractivity (Wildman–Crippen MR) is 138 cm³/mol. The minimum Gasteiger partial charge on any atom is -0.463 e. The van der Waals surface area contributed by atoms with Gasteiger partial charge in [0.05, 0.1) is 24.5 Å². The van der Waals surface area contributed by atoms with Crippen LogP contribution in [0.1, 0.15) is 36.8 Å². The number of cyclic esters (lactones) is 1. The lowest BCUT2D eigenvalue weighted by atomic mass is 9.94. The number of aliphatic hydroxyl groups is 1. The van der Waals surface area contributed by atoms with Gasteiger partial charge in [0.2, 0.25) is 11.8 Å². The molecular formula is C29H35FN2O5. The van der Waals surface area contributed by atoms with Crippen molar-refractivity contribution in [2.75, 3.05) is 19.8 Å². The Hall–Kier alpha value is -3.52. The number of amides is 2. The maximum atomic E-state index is 13.3. The number of allylic oxidation sites excluding steroid dienone is 2. The van der Waals surface area contributed by atoms with E-state index in [1.807, 2.05) is 42.5 Å². The van der Waals surface area contributed by atoms with E-state index in [1.165, 1.54) is 12.1 Å². The monoisotopic (exact) mass is 510 g/mol. The number of carbonyl (C=O) groups excluding carboxylic acids is 3. The van der Waals surface area contributed by atoms with Crippen LogP contribution in [0, 0.1) is 17.7 Å². The fourth-order valence-corrected chi connectivity index (χ4v) is 4.33. The Morgan fingerprint density at radius 2 is 1.73 bits per heavy atom. The molecule has 0 spiro atoms. The molecule has 198 valence electrons. The number of halogens is 1. The van der Waals surface area contributed by atoms with E-state index in [-0.39, 0.29) is 49.8 Å². The van der Waals surface area contributed by atoms with Crippen LogP contribution in [0.25, 0.3) is 0 Å². The minimum absolute atomic E-state index is 0.00373. The molecule has 3 rings (SSSR count). The highest BCUT2D eigenvalue weighted by Crippen LogP contribution is 2.19. The molecule has 1 heterocycles. The number of carbonyl (C=O) groups is 3. The summed E-state index contributed by atoms with van der Waals surface area (Å²) in [5.41, 5.74) is 1.83. The molecule has 3 unspecified atom stereocenters. The Bertz CT molecular complexity index is 1040. The van der Waals surface area contributed by atoms with Gasteiger partial charge in [-0.15, -0.1) is 0 Å². The van der Waals surface area contributed by atoms with Crippen LogP contribution in [0.15, 0.2) is 66.7 Å². The quantitative estimate of drug-likeness (QED) is 0.374. The smallest absolute Gasteiger partial charge is 0.309 e. The van der Waals surface area contributed by atoms with Gasteiger partial charge in [-0.2, -0.15) is 0 Å². The normalized spacial score (nSPS) is 21.1. The van der Waals surface area contributed by atoms with Gasteiger partial charge < -0.3 is 20.5 Å². The van der Waals surface area contributed by atoms with Gasteiger partial charge >= 0.3 is 5.97 Å². The van der Waals surface area contributed by atoms with Crippen molar-refractivity contribution in [2.45, 2.75) is 44.6 Å². The number of ether oxygens (including phenoxy) is 1. The Morgan fingerprint density at radius 1 is 1.00 bits per heavy atom. The van der Waals surface area contributed by atoms with E-state index < -0.39 is 17.9 Å². The average molecular weight is 511 g/mol. The Labute approximate surface area is 217 Å². The molecule has 37 heavy (non-hydrogen) atoms. The lowest BCUT2D eigenvalue weighted by Gasteiger charge is -2.23. The summed E-state index contributed by atoms with van der Waals surface area (Å²) in [5, 5.41) is 14.6. The fourth-order valence-electron chi connectivity index (χ4n) is 4.33. The van der Waals surface area contributed by atoms with Crippen LogP contribution < -0.4 is 10.6 Å². The second-order valence-electron chi connectivity index (χ2n) is 9.31. The highest BCUT2D eigenvalue weighted by molar-refractivity contribution is 5.86. The summed E-state index contributed by atoms with van der Waals surface area (Å²) in [6.07, 6.45) is 6.16. The van der Waals surface area contributed by atoms with Crippen LogP contribution in [-0.4, -0.2) is 48.7 Å². The van der Waals surface area contributed by atoms with Crippen molar-refractivity contribution in [2.24, 2.45) is 11.8 Å². The van der Waals surface area contributed by atoms with E-state index in [1.54, 1.807) is 12.1 Å². The van der Waals surface area contributed by atoms with Crippen LogP contribution >= 0.6 is 0 Å². The second kappa shape index (κ2) is 14.9.